The minimum atomic E-state index is -0.376. The molecule has 0 aliphatic carbocycles. The van der Waals surface area contributed by atoms with Crippen LogP contribution in [0.4, 0.5) is 4.79 Å². The molecule has 0 spiro atoms. The third-order valence-electron chi connectivity index (χ3n) is 5.44. The lowest BCUT2D eigenvalue weighted by Crippen LogP contribution is -2.17. The molecule has 0 radical (unpaired) electrons. The number of amides is 2. The first-order valence-corrected chi connectivity index (χ1v) is 11.3. The molecule has 2 heterocycles. The van der Waals surface area contributed by atoms with Crippen LogP contribution in [0.1, 0.15) is 16.8 Å². The van der Waals surface area contributed by atoms with E-state index >= 15 is 0 Å². The fourth-order valence-electron chi connectivity index (χ4n) is 3.87. The van der Waals surface area contributed by atoms with Crippen molar-refractivity contribution in [1.82, 2.24) is 10.3 Å². The van der Waals surface area contributed by atoms with Crippen molar-refractivity contribution in [2.45, 2.75) is 12.8 Å². The fourth-order valence-corrected chi connectivity index (χ4v) is 4.53. The monoisotopic (exact) mass is 436 g/mol. The molecule has 0 saturated carbocycles. The molecule has 4 nitrogen and oxygen atoms in total. The number of fused-ring (bicyclic) bond motifs is 1. The van der Waals surface area contributed by atoms with Crippen molar-refractivity contribution in [1.29, 1.82) is 0 Å². The van der Waals surface area contributed by atoms with Gasteiger partial charge in [0.25, 0.3) is 11.1 Å². The molecule has 4 aromatic rings. The van der Waals surface area contributed by atoms with Crippen LogP contribution < -0.4 is 5.32 Å². The van der Waals surface area contributed by atoms with Crippen molar-refractivity contribution < 1.29 is 9.59 Å². The standard InChI is InChI=1S/C27H20N2O2S/c30-26-25(32-27(31)29-26)17-21-16-22(20-9-5-2-6-10-20)23-15-19(13-14-24(23)28-21)12-11-18-7-3-1-4-8-18/h1-10,13-17H,11-12H2,(H,29,30,31). The first kappa shape index (κ1) is 20.2. The maximum Gasteiger partial charge on any atom is 0.290 e. The van der Waals surface area contributed by atoms with Crippen LogP contribution in [0.2, 0.25) is 0 Å². The van der Waals surface area contributed by atoms with Crippen molar-refractivity contribution >= 4 is 39.9 Å². The molecule has 1 saturated heterocycles. The first-order valence-electron chi connectivity index (χ1n) is 10.4. The fraction of sp³-hybridized carbons (Fsp3) is 0.0741. The van der Waals surface area contributed by atoms with E-state index in [1.807, 2.05) is 36.4 Å². The molecule has 2 amide bonds. The number of hydrogen-bond donors (Lipinski definition) is 1. The van der Waals surface area contributed by atoms with E-state index in [9.17, 15) is 9.59 Å². The van der Waals surface area contributed by atoms with Crippen LogP contribution in [0, 0.1) is 0 Å². The summed E-state index contributed by atoms with van der Waals surface area (Å²) in [7, 11) is 0. The number of aryl methyl sites for hydroxylation is 2. The van der Waals surface area contributed by atoms with E-state index < -0.39 is 0 Å². The van der Waals surface area contributed by atoms with Gasteiger partial charge in [-0.05, 0) is 71.1 Å². The highest BCUT2D eigenvalue weighted by Crippen LogP contribution is 2.32. The predicted molar refractivity (Wildman–Crippen MR) is 130 cm³/mol. The van der Waals surface area contributed by atoms with Crippen LogP contribution in [-0.4, -0.2) is 16.1 Å². The second kappa shape index (κ2) is 8.81. The van der Waals surface area contributed by atoms with Crippen molar-refractivity contribution in [3.63, 3.8) is 0 Å². The number of aromatic nitrogens is 1. The highest BCUT2D eigenvalue weighted by Gasteiger charge is 2.25. The first-order chi connectivity index (χ1) is 15.7. The van der Waals surface area contributed by atoms with Crippen molar-refractivity contribution in [3.05, 3.63) is 107 Å². The van der Waals surface area contributed by atoms with Crippen molar-refractivity contribution in [2.75, 3.05) is 0 Å². The molecule has 1 aliphatic heterocycles. The number of pyridine rings is 1. The van der Waals surface area contributed by atoms with Crippen LogP contribution in [0.3, 0.4) is 0 Å². The summed E-state index contributed by atoms with van der Waals surface area (Å²) >= 11 is 0.904. The number of benzene rings is 3. The van der Waals surface area contributed by atoms with E-state index in [4.69, 9.17) is 4.98 Å². The summed E-state index contributed by atoms with van der Waals surface area (Å²) in [4.78, 5) is 28.6. The predicted octanol–water partition coefficient (Wildman–Crippen LogP) is 6.01. The maximum atomic E-state index is 12.0. The number of carbonyl (C=O) groups excluding carboxylic acids is 2. The summed E-state index contributed by atoms with van der Waals surface area (Å²) in [6, 6.07) is 29.0. The lowest BCUT2D eigenvalue weighted by atomic mass is 9.96. The van der Waals surface area contributed by atoms with Crippen LogP contribution in [0.15, 0.2) is 89.8 Å². The largest absolute Gasteiger partial charge is 0.290 e. The quantitative estimate of drug-likeness (QED) is 0.389. The molecule has 5 heteroatoms. The number of hydrogen-bond acceptors (Lipinski definition) is 4. The molecule has 1 aromatic heterocycles. The zero-order chi connectivity index (χ0) is 21.9. The topological polar surface area (TPSA) is 59.1 Å². The zero-order valence-corrected chi connectivity index (χ0v) is 18.1. The molecule has 5 rings (SSSR count). The molecule has 0 unspecified atom stereocenters. The number of imide groups is 1. The van der Waals surface area contributed by atoms with E-state index in [1.54, 1.807) is 6.08 Å². The molecule has 1 fully saturated rings. The number of nitrogens with zero attached hydrogens (tertiary/aromatic N) is 1. The van der Waals surface area contributed by atoms with Gasteiger partial charge in [-0.15, -0.1) is 0 Å². The van der Waals surface area contributed by atoms with Gasteiger partial charge in [0.15, 0.2) is 0 Å². The molecule has 156 valence electrons. The highest BCUT2D eigenvalue weighted by atomic mass is 32.2. The van der Waals surface area contributed by atoms with Crippen LogP contribution >= 0.6 is 11.8 Å². The second-order valence-corrected chi connectivity index (χ2v) is 8.66. The van der Waals surface area contributed by atoms with Gasteiger partial charge in [0.05, 0.1) is 16.1 Å². The third-order valence-corrected chi connectivity index (χ3v) is 6.25. The Balaban J connectivity index is 1.56. The summed E-state index contributed by atoms with van der Waals surface area (Å²) in [6.45, 7) is 0. The van der Waals surface area contributed by atoms with Crippen LogP contribution in [0.25, 0.3) is 28.1 Å². The van der Waals surface area contributed by atoms with Crippen molar-refractivity contribution in [3.8, 4) is 11.1 Å². The normalized spacial score (nSPS) is 14.8. The molecular weight excluding hydrogens is 416 g/mol. The van der Waals surface area contributed by atoms with Gasteiger partial charge in [0.2, 0.25) is 0 Å². The Morgan fingerprint density at radius 3 is 2.25 bits per heavy atom. The van der Waals surface area contributed by atoms with Gasteiger partial charge in [-0.25, -0.2) is 4.98 Å². The molecule has 0 atom stereocenters. The van der Waals surface area contributed by atoms with Gasteiger partial charge in [0.1, 0.15) is 0 Å². The molecule has 3 aromatic carbocycles. The minimum absolute atomic E-state index is 0.353. The van der Waals surface area contributed by atoms with Gasteiger partial charge in [-0.2, -0.15) is 0 Å². The molecule has 32 heavy (non-hydrogen) atoms. The van der Waals surface area contributed by atoms with E-state index in [-0.39, 0.29) is 11.1 Å². The van der Waals surface area contributed by atoms with Gasteiger partial charge >= 0.3 is 0 Å². The maximum absolute atomic E-state index is 12.0. The van der Waals surface area contributed by atoms with E-state index in [2.05, 4.69) is 53.8 Å². The number of carbonyl (C=O) groups is 2. The molecular formula is C27H20N2O2S. The Morgan fingerprint density at radius 2 is 1.53 bits per heavy atom. The van der Waals surface area contributed by atoms with Crippen LogP contribution in [-0.2, 0) is 17.6 Å². The van der Waals surface area contributed by atoms with Gasteiger partial charge < -0.3 is 0 Å². The highest BCUT2D eigenvalue weighted by molar-refractivity contribution is 8.18. The van der Waals surface area contributed by atoms with Gasteiger partial charge in [-0.1, -0.05) is 66.7 Å². The van der Waals surface area contributed by atoms with E-state index in [0.717, 1.165) is 46.6 Å². The zero-order valence-electron chi connectivity index (χ0n) is 17.2. The average molecular weight is 437 g/mol. The summed E-state index contributed by atoms with van der Waals surface area (Å²) in [5.74, 6) is -0.376. The third kappa shape index (κ3) is 4.34. The smallest absolute Gasteiger partial charge is 0.282 e. The summed E-state index contributed by atoms with van der Waals surface area (Å²) in [6.07, 6.45) is 3.60. The number of rotatable bonds is 5. The Kier molecular flexibility index (Phi) is 5.57. The van der Waals surface area contributed by atoms with E-state index in [0.29, 0.717) is 10.6 Å². The Bertz CT molecular complexity index is 1350. The number of thioether (sulfide) groups is 1. The summed E-state index contributed by atoms with van der Waals surface area (Å²) in [5, 5.41) is 3.01. The summed E-state index contributed by atoms with van der Waals surface area (Å²) < 4.78 is 0. The van der Waals surface area contributed by atoms with Crippen LogP contribution in [0.5, 0.6) is 0 Å². The number of nitrogens with one attached hydrogen (secondary N) is 1. The minimum Gasteiger partial charge on any atom is -0.282 e. The lowest BCUT2D eigenvalue weighted by molar-refractivity contribution is -0.115. The van der Waals surface area contributed by atoms with Gasteiger partial charge in [0, 0.05) is 5.39 Å². The summed E-state index contributed by atoms with van der Waals surface area (Å²) in [5.41, 5.74) is 6.22. The lowest BCUT2D eigenvalue weighted by Gasteiger charge is -2.11. The average Bonchev–Trinajstić information content (AvgIpc) is 3.14. The molecule has 1 aliphatic rings. The Labute approximate surface area is 190 Å². The molecule has 1 N–H and O–H groups in total. The molecule has 0 bridgehead atoms. The SMILES string of the molecule is O=C1NC(=O)C(=Cc2cc(-c3ccccc3)c3cc(CCc4ccccc4)ccc3n2)S1. The second-order valence-electron chi connectivity index (χ2n) is 7.65. The van der Waals surface area contributed by atoms with Gasteiger partial charge in [-0.3, -0.25) is 14.9 Å². The van der Waals surface area contributed by atoms with E-state index in [1.165, 1.54) is 11.1 Å². The Morgan fingerprint density at radius 1 is 0.812 bits per heavy atom. The Hall–Kier alpha value is -3.70. The van der Waals surface area contributed by atoms with Crippen molar-refractivity contribution in [2.24, 2.45) is 0 Å².